The molecule has 0 radical (unpaired) electrons. The van der Waals surface area contributed by atoms with Crippen LogP contribution in [0.25, 0.3) is 0 Å². The molecule has 0 spiro atoms. The first-order valence-corrected chi connectivity index (χ1v) is 7.30. The summed E-state index contributed by atoms with van der Waals surface area (Å²) in [5.41, 5.74) is 0.0945. The number of benzene rings is 2. The van der Waals surface area contributed by atoms with Crippen LogP contribution in [0.5, 0.6) is 0 Å². The minimum Gasteiger partial charge on any atom is -0.288 e. The molecular formula is C13H5BrClF2IO. The molecule has 0 heterocycles. The molecule has 1 nitrogen and oxygen atoms in total. The zero-order chi connectivity index (χ0) is 14.2. The van der Waals surface area contributed by atoms with Crippen LogP contribution in [-0.2, 0) is 0 Å². The molecular weight excluding hydrogens is 452 g/mol. The number of hydrogen-bond acceptors (Lipinski definition) is 1. The largest absolute Gasteiger partial charge is 0.288 e. The van der Waals surface area contributed by atoms with Gasteiger partial charge in [-0.25, -0.2) is 8.78 Å². The molecule has 0 atom stereocenters. The SMILES string of the molecule is O=C(c1ccc(F)cc1I)c1ccc(Br)c(Cl)c1F. The molecule has 0 amide bonds. The third kappa shape index (κ3) is 2.98. The molecule has 2 aromatic rings. The summed E-state index contributed by atoms with van der Waals surface area (Å²) in [7, 11) is 0. The van der Waals surface area contributed by atoms with Crippen LogP contribution in [0.1, 0.15) is 15.9 Å². The zero-order valence-electron chi connectivity index (χ0n) is 9.18. The first-order valence-electron chi connectivity index (χ1n) is 5.05. The van der Waals surface area contributed by atoms with E-state index in [1.165, 1.54) is 24.3 Å². The molecule has 0 aromatic heterocycles. The van der Waals surface area contributed by atoms with Crippen molar-refractivity contribution in [2.75, 3.05) is 0 Å². The molecule has 0 aliphatic heterocycles. The molecule has 2 aromatic carbocycles. The summed E-state index contributed by atoms with van der Waals surface area (Å²) in [5.74, 6) is -1.77. The van der Waals surface area contributed by atoms with Crippen molar-refractivity contribution in [3.8, 4) is 0 Å². The van der Waals surface area contributed by atoms with E-state index in [2.05, 4.69) is 15.9 Å². The Bertz CT molecular complexity index is 676. The Labute approximate surface area is 135 Å². The predicted octanol–water partition coefficient (Wildman–Crippen LogP) is 5.22. The molecule has 2 rings (SSSR count). The van der Waals surface area contributed by atoms with Crippen molar-refractivity contribution in [1.29, 1.82) is 0 Å². The fourth-order valence-corrected chi connectivity index (χ4v) is 2.71. The highest BCUT2D eigenvalue weighted by Crippen LogP contribution is 2.29. The van der Waals surface area contributed by atoms with Gasteiger partial charge in [-0.1, -0.05) is 11.6 Å². The minimum absolute atomic E-state index is 0.141. The van der Waals surface area contributed by atoms with E-state index in [9.17, 15) is 13.6 Å². The fraction of sp³-hybridized carbons (Fsp3) is 0. The van der Waals surface area contributed by atoms with Crippen molar-refractivity contribution in [3.63, 3.8) is 0 Å². The second-order valence-electron chi connectivity index (χ2n) is 3.68. The average Bonchev–Trinajstić information content (AvgIpc) is 2.35. The quantitative estimate of drug-likeness (QED) is 0.344. The van der Waals surface area contributed by atoms with Gasteiger partial charge in [-0.2, -0.15) is 0 Å². The Morgan fingerprint density at radius 2 is 1.79 bits per heavy atom. The van der Waals surface area contributed by atoms with Crippen LogP contribution in [0.4, 0.5) is 8.78 Å². The second-order valence-corrected chi connectivity index (χ2v) is 6.07. The summed E-state index contributed by atoms with van der Waals surface area (Å²) in [6.45, 7) is 0. The van der Waals surface area contributed by atoms with Crippen LogP contribution in [0.2, 0.25) is 5.02 Å². The van der Waals surface area contributed by atoms with Gasteiger partial charge in [-0.15, -0.1) is 0 Å². The van der Waals surface area contributed by atoms with Gasteiger partial charge in [0.05, 0.1) is 10.6 Å². The van der Waals surface area contributed by atoms with Gasteiger partial charge in [0.2, 0.25) is 0 Å². The molecule has 0 aliphatic rings. The maximum atomic E-state index is 14.0. The van der Waals surface area contributed by atoms with Crippen molar-refractivity contribution in [2.45, 2.75) is 0 Å². The predicted molar refractivity (Wildman–Crippen MR) is 81.7 cm³/mol. The topological polar surface area (TPSA) is 17.1 Å². The standard InChI is InChI=1S/C13H5BrClF2IO/c14-9-4-3-8(12(17)11(9)15)13(19)7-2-1-6(16)5-10(7)18/h1-5H. The third-order valence-corrected chi connectivity index (χ3v) is 4.61. The van der Waals surface area contributed by atoms with E-state index < -0.39 is 17.4 Å². The molecule has 19 heavy (non-hydrogen) atoms. The number of carbonyl (C=O) groups is 1. The fourth-order valence-electron chi connectivity index (χ4n) is 1.52. The molecule has 0 fully saturated rings. The van der Waals surface area contributed by atoms with E-state index in [-0.39, 0.29) is 16.1 Å². The summed E-state index contributed by atoms with van der Waals surface area (Å²) in [6, 6.07) is 6.54. The van der Waals surface area contributed by atoms with Crippen LogP contribution < -0.4 is 0 Å². The highest BCUT2D eigenvalue weighted by molar-refractivity contribution is 14.1. The number of carbonyl (C=O) groups excluding carboxylic acids is 1. The van der Waals surface area contributed by atoms with E-state index >= 15 is 0 Å². The van der Waals surface area contributed by atoms with E-state index in [1.807, 2.05) is 22.6 Å². The first-order chi connectivity index (χ1) is 8.91. The smallest absolute Gasteiger partial charge is 0.197 e. The maximum Gasteiger partial charge on any atom is 0.197 e. The Morgan fingerprint density at radius 3 is 2.42 bits per heavy atom. The summed E-state index contributed by atoms with van der Waals surface area (Å²) < 4.78 is 27.7. The van der Waals surface area contributed by atoms with E-state index in [4.69, 9.17) is 11.6 Å². The highest BCUT2D eigenvalue weighted by Gasteiger charge is 2.20. The van der Waals surface area contributed by atoms with E-state index in [1.54, 1.807) is 0 Å². The maximum absolute atomic E-state index is 14.0. The van der Waals surface area contributed by atoms with Crippen LogP contribution in [-0.4, -0.2) is 5.78 Å². The van der Waals surface area contributed by atoms with Crippen LogP contribution in [0.3, 0.4) is 0 Å². The van der Waals surface area contributed by atoms with Crippen molar-refractivity contribution < 1.29 is 13.6 Å². The monoisotopic (exact) mass is 456 g/mol. The molecule has 0 saturated heterocycles. The van der Waals surface area contributed by atoms with Crippen LogP contribution in [0.15, 0.2) is 34.8 Å². The van der Waals surface area contributed by atoms with Gasteiger partial charge >= 0.3 is 0 Å². The van der Waals surface area contributed by atoms with Gasteiger partial charge in [0, 0.05) is 13.6 Å². The normalized spacial score (nSPS) is 10.6. The van der Waals surface area contributed by atoms with Crippen molar-refractivity contribution in [3.05, 3.63) is 66.2 Å². The molecule has 98 valence electrons. The summed E-state index contributed by atoms with van der Waals surface area (Å²) in [6.07, 6.45) is 0. The lowest BCUT2D eigenvalue weighted by atomic mass is 10.0. The molecule has 0 N–H and O–H groups in total. The Kier molecular flexibility index (Phi) is 4.58. The number of halogens is 5. The van der Waals surface area contributed by atoms with Gasteiger partial charge in [0.25, 0.3) is 0 Å². The van der Waals surface area contributed by atoms with Gasteiger partial charge in [0.1, 0.15) is 5.82 Å². The van der Waals surface area contributed by atoms with Crippen LogP contribution in [0, 0.1) is 15.2 Å². The summed E-state index contributed by atoms with van der Waals surface area (Å²) in [5, 5.41) is -0.150. The lowest BCUT2D eigenvalue weighted by Gasteiger charge is -2.07. The van der Waals surface area contributed by atoms with E-state index in [0.29, 0.717) is 8.04 Å². The lowest BCUT2D eigenvalue weighted by Crippen LogP contribution is -2.07. The van der Waals surface area contributed by atoms with Crippen molar-refractivity contribution in [2.24, 2.45) is 0 Å². The Morgan fingerprint density at radius 1 is 1.16 bits per heavy atom. The average molecular weight is 457 g/mol. The lowest BCUT2D eigenvalue weighted by molar-refractivity contribution is 0.103. The van der Waals surface area contributed by atoms with Gasteiger partial charge in [-0.3, -0.25) is 4.79 Å². The van der Waals surface area contributed by atoms with Crippen molar-refractivity contribution >= 4 is 55.9 Å². The third-order valence-electron chi connectivity index (χ3n) is 2.46. The second kappa shape index (κ2) is 5.85. The van der Waals surface area contributed by atoms with Gasteiger partial charge in [0.15, 0.2) is 11.6 Å². The van der Waals surface area contributed by atoms with Gasteiger partial charge < -0.3 is 0 Å². The minimum atomic E-state index is -0.791. The first kappa shape index (κ1) is 14.9. The number of rotatable bonds is 2. The Balaban J connectivity index is 2.53. The highest BCUT2D eigenvalue weighted by atomic mass is 127. The summed E-state index contributed by atoms with van der Waals surface area (Å²) in [4.78, 5) is 12.2. The Hall–Kier alpha value is -0.530. The number of ketones is 1. The van der Waals surface area contributed by atoms with E-state index in [0.717, 1.165) is 6.07 Å². The molecule has 6 heteroatoms. The van der Waals surface area contributed by atoms with Gasteiger partial charge in [-0.05, 0) is 68.9 Å². The molecule has 0 aliphatic carbocycles. The molecule has 0 unspecified atom stereocenters. The number of hydrogen-bond donors (Lipinski definition) is 0. The molecule has 0 saturated carbocycles. The zero-order valence-corrected chi connectivity index (χ0v) is 13.7. The molecule has 0 bridgehead atoms. The summed E-state index contributed by atoms with van der Waals surface area (Å²) >= 11 is 10.6. The van der Waals surface area contributed by atoms with Crippen LogP contribution >= 0.6 is 50.1 Å². The van der Waals surface area contributed by atoms with Crippen molar-refractivity contribution in [1.82, 2.24) is 0 Å².